The lowest BCUT2D eigenvalue weighted by molar-refractivity contribution is 0.628. The molecule has 90 valence electrons. The van der Waals surface area contributed by atoms with Gasteiger partial charge in [-0.2, -0.15) is 0 Å². The van der Waals surface area contributed by atoms with Crippen LogP contribution in [0, 0.1) is 12.7 Å². The van der Waals surface area contributed by atoms with Crippen LogP contribution in [-0.2, 0) is 6.54 Å². The van der Waals surface area contributed by atoms with E-state index in [-0.39, 0.29) is 5.82 Å². The molecule has 17 heavy (non-hydrogen) atoms. The second kappa shape index (κ2) is 4.71. The maximum absolute atomic E-state index is 12.9. The Morgan fingerprint density at radius 1 is 1.47 bits per heavy atom. The Kier molecular flexibility index (Phi) is 3.28. The van der Waals surface area contributed by atoms with Crippen LogP contribution >= 0.6 is 11.3 Å². The van der Waals surface area contributed by atoms with Gasteiger partial charge in [-0.15, -0.1) is 11.3 Å². The molecule has 0 aliphatic heterocycles. The molecule has 0 aliphatic carbocycles. The molecule has 0 fully saturated rings. The van der Waals surface area contributed by atoms with Gasteiger partial charge in [0, 0.05) is 12.4 Å². The quantitative estimate of drug-likeness (QED) is 0.853. The van der Waals surface area contributed by atoms with E-state index in [2.05, 4.69) is 4.98 Å². The van der Waals surface area contributed by atoms with Crippen LogP contribution in [0.2, 0.25) is 0 Å². The molecule has 0 bridgehead atoms. The Morgan fingerprint density at radius 2 is 2.24 bits per heavy atom. The molecule has 0 unspecified atom stereocenters. The van der Waals surface area contributed by atoms with E-state index in [1.807, 2.05) is 24.3 Å². The number of hydrogen-bond donors (Lipinski definition) is 1. The Morgan fingerprint density at radius 3 is 2.82 bits per heavy atom. The highest BCUT2D eigenvalue weighted by molar-refractivity contribution is 7.09. The zero-order valence-electron chi connectivity index (χ0n) is 9.77. The fourth-order valence-electron chi connectivity index (χ4n) is 1.68. The summed E-state index contributed by atoms with van der Waals surface area (Å²) in [6.07, 6.45) is 0. The summed E-state index contributed by atoms with van der Waals surface area (Å²) in [6, 6.07) is 4.43. The first-order valence-electron chi connectivity index (χ1n) is 5.23. The average Bonchev–Trinajstić information content (AvgIpc) is 2.63. The smallest absolute Gasteiger partial charge is 0.125 e. The minimum Gasteiger partial charge on any atom is -0.397 e. The third kappa shape index (κ3) is 2.74. The van der Waals surface area contributed by atoms with Crippen LogP contribution in [0.4, 0.5) is 15.8 Å². The maximum atomic E-state index is 12.9. The molecule has 2 rings (SSSR count). The van der Waals surface area contributed by atoms with Crippen LogP contribution in [0.5, 0.6) is 0 Å². The summed E-state index contributed by atoms with van der Waals surface area (Å²) < 4.78 is 12.9. The van der Waals surface area contributed by atoms with E-state index in [1.54, 1.807) is 17.4 Å². The normalized spacial score (nSPS) is 10.5. The van der Waals surface area contributed by atoms with Gasteiger partial charge < -0.3 is 10.6 Å². The minimum absolute atomic E-state index is 0.316. The van der Waals surface area contributed by atoms with Crippen molar-refractivity contribution in [1.29, 1.82) is 0 Å². The Labute approximate surface area is 104 Å². The molecule has 0 saturated carbocycles. The summed E-state index contributed by atoms with van der Waals surface area (Å²) in [4.78, 5) is 6.35. The predicted molar refractivity (Wildman–Crippen MR) is 69.8 cm³/mol. The van der Waals surface area contributed by atoms with E-state index in [0.29, 0.717) is 12.2 Å². The third-order valence-corrected chi connectivity index (χ3v) is 3.29. The zero-order valence-corrected chi connectivity index (χ0v) is 10.6. The maximum Gasteiger partial charge on any atom is 0.125 e. The number of nitrogen functional groups attached to an aromatic ring is 1. The van der Waals surface area contributed by atoms with E-state index in [4.69, 9.17) is 5.73 Å². The molecule has 0 aliphatic rings. The Bertz CT molecular complexity index is 524. The SMILES string of the molecule is Cc1nc(CN(C)c2ccc(F)cc2N)cs1. The van der Waals surface area contributed by atoms with E-state index in [1.165, 1.54) is 12.1 Å². The molecule has 0 spiro atoms. The van der Waals surface area contributed by atoms with E-state index in [0.717, 1.165) is 16.4 Å². The van der Waals surface area contributed by atoms with Crippen LogP contribution in [0.15, 0.2) is 23.6 Å². The molecule has 0 radical (unpaired) electrons. The van der Waals surface area contributed by atoms with Gasteiger partial charge in [-0.1, -0.05) is 0 Å². The van der Waals surface area contributed by atoms with Gasteiger partial charge in [0.1, 0.15) is 5.82 Å². The molecule has 0 saturated heterocycles. The van der Waals surface area contributed by atoms with Crippen molar-refractivity contribution < 1.29 is 4.39 Å². The Hall–Kier alpha value is -1.62. The number of aromatic nitrogens is 1. The van der Waals surface area contributed by atoms with Gasteiger partial charge in [0.05, 0.1) is 28.6 Å². The van der Waals surface area contributed by atoms with Crippen LogP contribution in [-0.4, -0.2) is 12.0 Å². The molecule has 1 aromatic heterocycles. The Balaban J connectivity index is 2.17. The highest BCUT2D eigenvalue weighted by Gasteiger charge is 2.08. The fourth-order valence-corrected chi connectivity index (χ4v) is 2.29. The van der Waals surface area contributed by atoms with E-state index < -0.39 is 0 Å². The third-order valence-electron chi connectivity index (χ3n) is 2.47. The second-order valence-electron chi connectivity index (χ2n) is 3.92. The number of benzene rings is 1. The molecule has 5 heteroatoms. The minimum atomic E-state index is -0.316. The van der Waals surface area contributed by atoms with Crippen molar-refractivity contribution in [3.8, 4) is 0 Å². The van der Waals surface area contributed by atoms with Crippen molar-refractivity contribution in [3.05, 3.63) is 40.1 Å². The lowest BCUT2D eigenvalue weighted by Gasteiger charge is -2.19. The number of hydrogen-bond acceptors (Lipinski definition) is 4. The number of rotatable bonds is 3. The number of nitrogens with two attached hydrogens (primary N) is 1. The monoisotopic (exact) mass is 251 g/mol. The molecular weight excluding hydrogens is 237 g/mol. The van der Waals surface area contributed by atoms with Crippen molar-refractivity contribution in [2.24, 2.45) is 0 Å². The van der Waals surface area contributed by atoms with Crippen LogP contribution < -0.4 is 10.6 Å². The van der Waals surface area contributed by atoms with Crippen molar-refractivity contribution in [2.45, 2.75) is 13.5 Å². The molecular formula is C12H14FN3S. The van der Waals surface area contributed by atoms with Crippen molar-refractivity contribution in [2.75, 3.05) is 17.7 Å². The molecule has 2 N–H and O–H groups in total. The predicted octanol–water partition coefficient (Wildman–Crippen LogP) is 2.81. The number of aryl methyl sites for hydroxylation is 1. The number of thiazole rings is 1. The number of halogens is 1. The second-order valence-corrected chi connectivity index (χ2v) is 4.98. The molecule has 3 nitrogen and oxygen atoms in total. The summed E-state index contributed by atoms with van der Waals surface area (Å²) >= 11 is 1.62. The van der Waals surface area contributed by atoms with E-state index in [9.17, 15) is 4.39 Å². The van der Waals surface area contributed by atoms with Gasteiger partial charge in [0.25, 0.3) is 0 Å². The first-order valence-corrected chi connectivity index (χ1v) is 6.11. The summed E-state index contributed by atoms with van der Waals surface area (Å²) in [5.41, 5.74) is 8.04. The van der Waals surface area contributed by atoms with Gasteiger partial charge in [-0.05, 0) is 25.1 Å². The largest absolute Gasteiger partial charge is 0.397 e. The summed E-state index contributed by atoms with van der Waals surface area (Å²) in [7, 11) is 1.91. The molecule has 0 amide bonds. The first-order chi connectivity index (χ1) is 8.06. The molecule has 1 aromatic carbocycles. The van der Waals surface area contributed by atoms with Crippen molar-refractivity contribution >= 4 is 22.7 Å². The standard InChI is InChI=1S/C12H14FN3S/c1-8-15-10(7-17-8)6-16(2)12-4-3-9(13)5-11(12)14/h3-5,7H,6,14H2,1-2H3. The van der Waals surface area contributed by atoms with E-state index >= 15 is 0 Å². The summed E-state index contributed by atoms with van der Waals surface area (Å²) in [6.45, 7) is 2.64. The highest BCUT2D eigenvalue weighted by Crippen LogP contribution is 2.24. The number of nitrogens with zero attached hydrogens (tertiary/aromatic N) is 2. The van der Waals surface area contributed by atoms with Crippen LogP contribution in [0.25, 0.3) is 0 Å². The zero-order chi connectivity index (χ0) is 12.4. The lowest BCUT2D eigenvalue weighted by atomic mass is 10.2. The lowest BCUT2D eigenvalue weighted by Crippen LogP contribution is -2.18. The first kappa shape index (κ1) is 11.9. The highest BCUT2D eigenvalue weighted by atomic mass is 32.1. The van der Waals surface area contributed by atoms with Gasteiger partial charge in [-0.3, -0.25) is 0 Å². The fraction of sp³-hybridized carbons (Fsp3) is 0.250. The average molecular weight is 251 g/mol. The number of anilines is 2. The molecule has 2 aromatic rings. The van der Waals surface area contributed by atoms with Crippen molar-refractivity contribution in [1.82, 2.24) is 4.98 Å². The van der Waals surface area contributed by atoms with Gasteiger partial charge >= 0.3 is 0 Å². The van der Waals surface area contributed by atoms with Gasteiger partial charge in [0.2, 0.25) is 0 Å². The summed E-state index contributed by atoms with van der Waals surface area (Å²) in [5, 5.41) is 3.06. The molecule has 0 atom stereocenters. The molecule has 1 heterocycles. The topological polar surface area (TPSA) is 42.2 Å². The van der Waals surface area contributed by atoms with Gasteiger partial charge in [-0.25, -0.2) is 9.37 Å². The van der Waals surface area contributed by atoms with Gasteiger partial charge in [0.15, 0.2) is 0 Å². The van der Waals surface area contributed by atoms with Crippen LogP contribution in [0.3, 0.4) is 0 Å². The summed E-state index contributed by atoms with van der Waals surface area (Å²) in [5.74, 6) is -0.316. The van der Waals surface area contributed by atoms with Crippen LogP contribution in [0.1, 0.15) is 10.7 Å². The van der Waals surface area contributed by atoms with Crippen molar-refractivity contribution in [3.63, 3.8) is 0 Å².